The number of carbonyl (C=O) groups is 1. The topological polar surface area (TPSA) is 69.0 Å². The maximum atomic E-state index is 10.3. The number of hydrogen-bond donors (Lipinski definition) is 1. The Kier molecular flexibility index (Phi) is 10.5. The molecule has 0 atom stereocenters. The van der Waals surface area contributed by atoms with Crippen LogP contribution in [0.5, 0.6) is 0 Å². The normalized spacial score (nSPS) is 11.6. The minimum atomic E-state index is 0.0999. The third kappa shape index (κ3) is 10.4. The van der Waals surface area contributed by atoms with Gasteiger partial charge in [-0.05, 0) is 23.7 Å². The van der Waals surface area contributed by atoms with E-state index >= 15 is 0 Å². The molecule has 0 spiro atoms. The lowest BCUT2D eigenvalue weighted by Gasteiger charge is -2.34. The number of nitrogens with one attached hydrogen (secondary N) is 1. The fourth-order valence-electron chi connectivity index (χ4n) is 2.98. The molecular weight excluding hydrogens is 304 g/mol. The van der Waals surface area contributed by atoms with Crippen LogP contribution >= 0.6 is 0 Å². The van der Waals surface area contributed by atoms with Crippen molar-refractivity contribution in [2.45, 2.75) is 74.0 Å². The van der Waals surface area contributed by atoms with Crippen LogP contribution in [0.4, 0.5) is 0 Å². The van der Waals surface area contributed by atoms with Crippen LogP contribution in [0.2, 0.25) is 0 Å². The van der Waals surface area contributed by atoms with E-state index in [9.17, 15) is 4.79 Å². The van der Waals surface area contributed by atoms with Gasteiger partial charge in [0.25, 0.3) is 0 Å². The minimum Gasteiger partial charge on any atom is -0.378 e. The molecule has 0 aliphatic rings. The van der Waals surface area contributed by atoms with Gasteiger partial charge in [-0.3, -0.25) is 9.48 Å². The number of ether oxygens (including phenoxy) is 1. The van der Waals surface area contributed by atoms with Gasteiger partial charge in [-0.2, -0.15) is 0 Å². The summed E-state index contributed by atoms with van der Waals surface area (Å²) in [5, 5.41) is 11.0. The van der Waals surface area contributed by atoms with Crippen molar-refractivity contribution in [3.63, 3.8) is 0 Å². The second kappa shape index (κ2) is 11.2. The van der Waals surface area contributed by atoms with E-state index in [2.05, 4.69) is 57.2 Å². The molecule has 0 fully saturated rings. The highest BCUT2D eigenvalue weighted by molar-refractivity contribution is 5.45. The molecule has 0 unspecified atom stereocenters. The van der Waals surface area contributed by atoms with E-state index in [0.29, 0.717) is 13.2 Å². The third-order valence-corrected chi connectivity index (χ3v) is 3.45. The molecule has 1 rings (SSSR count). The van der Waals surface area contributed by atoms with Crippen LogP contribution in [0.3, 0.4) is 0 Å². The number of nitrogens with zero attached hydrogens (tertiary/aromatic N) is 3. The second-order valence-corrected chi connectivity index (χ2v) is 7.87. The maximum Gasteiger partial charge on any atom is 0.207 e. The molecule has 24 heavy (non-hydrogen) atoms. The zero-order valence-electron chi connectivity index (χ0n) is 16.6. The Hall–Kier alpha value is -1.43. The van der Waals surface area contributed by atoms with Gasteiger partial charge in [-0.25, -0.2) is 0 Å². The summed E-state index contributed by atoms with van der Waals surface area (Å²) in [4.78, 5) is 10.3. The van der Waals surface area contributed by atoms with Crippen LogP contribution in [-0.2, 0) is 22.7 Å². The van der Waals surface area contributed by atoms with E-state index in [1.807, 2.05) is 10.9 Å². The summed E-state index contributed by atoms with van der Waals surface area (Å²) in [7, 11) is 1.65. The van der Waals surface area contributed by atoms with E-state index in [-0.39, 0.29) is 10.8 Å². The monoisotopic (exact) mass is 340 g/mol. The zero-order chi connectivity index (χ0) is 18.6. The van der Waals surface area contributed by atoms with Crippen LogP contribution < -0.4 is 5.32 Å². The molecule has 0 saturated carbocycles. The second-order valence-electron chi connectivity index (χ2n) is 7.87. The van der Waals surface area contributed by atoms with Crippen LogP contribution in [0, 0.1) is 10.8 Å². The van der Waals surface area contributed by atoms with Crippen molar-refractivity contribution >= 4 is 6.41 Å². The lowest BCUT2D eigenvalue weighted by molar-refractivity contribution is -0.109. The van der Waals surface area contributed by atoms with Gasteiger partial charge in [0.1, 0.15) is 5.69 Å². The fourth-order valence-corrected chi connectivity index (χ4v) is 2.98. The Balaban J connectivity index is 0.00000163. The molecule has 0 bridgehead atoms. The van der Waals surface area contributed by atoms with Gasteiger partial charge in [0, 0.05) is 20.2 Å². The molecule has 1 aromatic heterocycles. The summed E-state index contributed by atoms with van der Waals surface area (Å²) in [6.45, 7) is 15.2. The van der Waals surface area contributed by atoms with Gasteiger partial charge in [0.05, 0.1) is 12.8 Å². The van der Waals surface area contributed by atoms with Crippen LogP contribution in [0.15, 0.2) is 6.20 Å². The highest BCUT2D eigenvalue weighted by Gasteiger charge is 2.29. The molecular formula is C18H36N4O2. The van der Waals surface area contributed by atoms with E-state index < -0.39 is 0 Å². The van der Waals surface area contributed by atoms with Gasteiger partial charge in [0.15, 0.2) is 0 Å². The highest BCUT2D eigenvalue weighted by atomic mass is 16.5. The van der Waals surface area contributed by atoms with Crippen molar-refractivity contribution in [3.8, 4) is 0 Å². The molecule has 6 nitrogen and oxygen atoms in total. The van der Waals surface area contributed by atoms with Crippen molar-refractivity contribution in [2.75, 3.05) is 13.7 Å². The van der Waals surface area contributed by atoms with Crippen molar-refractivity contribution in [1.29, 1.82) is 0 Å². The molecule has 0 aliphatic heterocycles. The molecule has 1 heterocycles. The molecule has 0 aliphatic carbocycles. The smallest absolute Gasteiger partial charge is 0.207 e. The minimum absolute atomic E-state index is 0.0999. The zero-order valence-corrected chi connectivity index (χ0v) is 16.6. The first-order valence-corrected chi connectivity index (χ1v) is 8.74. The van der Waals surface area contributed by atoms with E-state index in [1.54, 1.807) is 7.11 Å². The average molecular weight is 341 g/mol. The van der Waals surface area contributed by atoms with Crippen molar-refractivity contribution in [3.05, 3.63) is 11.9 Å². The van der Waals surface area contributed by atoms with Crippen LogP contribution in [-0.4, -0.2) is 35.1 Å². The van der Waals surface area contributed by atoms with Gasteiger partial charge >= 0.3 is 0 Å². The quantitative estimate of drug-likeness (QED) is 0.523. The van der Waals surface area contributed by atoms with Gasteiger partial charge in [-0.1, -0.05) is 53.2 Å². The van der Waals surface area contributed by atoms with Gasteiger partial charge in [0.2, 0.25) is 6.41 Å². The molecule has 1 amide bonds. The highest BCUT2D eigenvalue weighted by Crippen LogP contribution is 2.36. The first-order valence-electron chi connectivity index (χ1n) is 8.74. The van der Waals surface area contributed by atoms with Crippen molar-refractivity contribution < 1.29 is 9.53 Å². The summed E-state index contributed by atoms with van der Waals surface area (Å²) < 4.78 is 6.94. The predicted octanol–water partition coefficient (Wildman–Crippen LogP) is 3.42. The molecule has 0 radical (unpaired) electrons. The number of hydrogen-bond acceptors (Lipinski definition) is 4. The number of methoxy groups -OCH3 is 1. The Labute approximate surface area is 147 Å². The Bertz CT molecular complexity index is 456. The van der Waals surface area contributed by atoms with Gasteiger partial charge < -0.3 is 10.1 Å². The summed E-state index contributed by atoms with van der Waals surface area (Å²) in [5.41, 5.74) is 1.11. The number of aromatic nitrogens is 3. The summed E-state index contributed by atoms with van der Waals surface area (Å²) in [6, 6.07) is 0. The first-order chi connectivity index (χ1) is 11.2. The SMILES string of the molecule is CCC.COCc1cn(CC(C)(C)CC(C)(C)CCNC=O)nn1. The average Bonchev–Trinajstić information content (AvgIpc) is 2.85. The summed E-state index contributed by atoms with van der Waals surface area (Å²) in [5.74, 6) is 0. The lowest BCUT2D eigenvalue weighted by Crippen LogP contribution is -2.30. The maximum absolute atomic E-state index is 10.3. The summed E-state index contributed by atoms with van der Waals surface area (Å²) >= 11 is 0. The number of rotatable bonds is 10. The largest absolute Gasteiger partial charge is 0.378 e. The molecule has 0 saturated heterocycles. The molecule has 1 aromatic rings. The molecule has 140 valence electrons. The Morgan fingerprint density at radius 2 is 1.88 bits per heavy atom. The number of carbonyl (C=O) groups excluding carboxylic acids is 1. The predicted molar refractivity (Wildman–Crippen MR) is 97.6 cm³/mol. The molecule has 6 heteroatoms. The van der Waals surface area contributed by atoms with Crippen molar-refractivity contribution in [1.82, 2.24) is 20.3 Å². The van der Waals surface area contributed by atoms with E-state index in [1.165, 1.54) is 6.42 Å². The van der Waals surface area contributed by atoms with Crippen molar-refractivity contribution in [2.24, 2.45) is 10.8 Å². The van der Waals surface area contributed by atoms with Crippen LogP contribution in [0.1, 0.15) is 66.5 Å². The summed E-state index contributed by atoms with van der Waals surface area (Å²) in [6.07, 6.45) is 5.95. The fraction of sp³-hybridized carbons (Fsp3) is 0.833. The Morgan fingerprint density at radius 1 is 1.25 bits per heavy atom. The van der Waals surface area contributed by atoms with Crippen LogP contribution in [0.25, 0.3) is 0 Å². The lowest BCUT2D eigenvalue weighted by atomic mass is 9.73. The Morgan fingerprint density at radius 3 is 2.42 bits per heavy atom. The first kappa shape index (κ1) is 22.6. The van der Waals surface area contributed by atoms with E-state index in [0.717, 1.165) is 31.5 Å². The van der Waals surface area contributed by atoms with E-state index in [4.69, 9.17) is 4.74 Å². The number of amides is 1. The standard InChI is InChI=1S/C15H28N4O2.C3H8/c1-14(2,6-7-16-12-20)10-15(3,4)11-19-8-13(9-21-5)17-18-19;1-3-2/h8,12H,6-7,9-11H2,1-5H3,(H,16,20);3H2,1-2H3. The molecule has 1 N–H and O–H groups in total. The molecule has 0 aromatic carbocycles. The van der Waals surface area contributed by atoms with Gasteiger partial charge in [-0.15, -0.1) is 5.10 Å². The third-order valence-electron chi connectivity index (χ3n) is 3.45.